The first-order chi connectivity index (χ1) is 8.06. The molecule has 0 bridgehead atoms. The number of nitrogens with zero attached hydrogens (tertiary/aromatic N) is 1. The molecule has 1 N–H and O–H groups in total. The molecule has 0 aliphatic rings. The molecular formula is C11H11NO5. The summed E-state index contributed by atoms with van der Waals surface area (Å²) < 4.78 is 4.55. The molecule has 0 atom stereocenters. The third kappa shape index (κ3) is 3.30. The molecule has 1 rings (SSSR count). The van der Waals surface area contributed by atoms with Gasteiger partial charge in [0.15, 0.2) is 0 Å². The minimum Gasteiger partial charge on any atom is -0.502 e. The second kappa shape index (κ2) is 5.64. The molecular weight excluding hydrogens is 226 g/mol. The molecule has 6 nitrogen and oxygen atoms in total. The first-order valence-corrected chi connectivity index (χ1v) is 4.87. The van der Waals surface area contributed by atoms with Gasteiger partial charge in [-0.25, -0.2) is 4.79 Å². The molecule has 1 aromatic rings. The Balaban J connectivity index is 3.05. The van der Waals surface area contributed by atoms with Gasteiger partial charge >= 0.3 is 5.97 Å². The summed E-state index contributed by atoms with van der Waals surface area (Å²) in [6, 6.07) is 5.77. The zero-order valence-corrected chi connectivity index (χ0v) is 9.12. The maximum atomic E-state index is 11.1. The Morgan fingerprint density at radius 2 is 2.18 bits per heavy atom. The van der Waals surface area contributed by atoms with E-state index in [1.54, 1.807) is 13.0 Å². The molecule has 1 aromatic carbocycles. The van der Waals surface area contributed by atoms with Gasteiger partial charge in [0.05, 0.1) is 17.1 Å². The van der Waals surface area contributed by atoms with Gasteiger partial charge < -0.3 is 9.84 Å². The van der Waals surface area contributed by atoms with Crippen molar-refractivity contribution in [1.82, 2.24) is 0 Å². The predicted molar refractivity (Wildman–Crippen MR) is 60.3 cm³/mol. The molecule has 90 valence electrons. The molecule has 0 aromatic heterocycles. The van der Waals surface area contributed by atoms with Crippen LogP contribution < -0.4 is 0 Å². The number of ether oxygens (including phenoxy) is 1. The molecule has 0 unspecified atom stereocenters. The number of carbonyl (C=O) groups excluding carboxylic acids is 1. The quantitative estimate of drug-likeness (QED) is 0.284. The number of rotatable bonds is 4. The minimum absolute atomic E-state index is 0.119. The second-order valence-electron chi connectivity index (χ2n) is 3.07. The normalized spacial score (nSPS) is 11.0. The van der Waals surface area contributed by atoms with E-state index in [-0.39, 0.29) is 17.9 Å². The number of nitro groups is 1. The van der Waals surface area contributed by atoms with Gasteiger partial charge in [-0.1, -0.05) is 12.1 Å². The molecule has 0 aliphatic carbocycles. The molecule has 0 spiro atoms. The molecule has 0 saturated heterocycles. The lowest BCUT2D eigenvalue weighted by Gasteiger charge is -2.01. The number of para-hydroxylation sites is 1. The summed E-state index contributed by atoms with van der Waals surface area (Å²) in [6.07, 6.45) is 1.01. The van der Waals surface area contributed by atoms with Gasteiger partial charge in [-0.3, -0.25) is 10.1 Å². The highest BCUT2D eigenvalue weighted by Gasteiger charge is 2.14. The zero-order valence-electron chi connectivity index (χ0n) is 9.12. The highest BCUT2D eigenvalue weighted by molar-refractivity contribution is 5.91. The van der Waals surface area contributed by atoms with Crippen LogP contribution in [0.15, 0.2) is 30.0 Å². The van der Waals surface area contributed by atoms with E-state index in [0.717, 1.165) is 6.08 Å². The van der Waals surface area contributed by atoms with Crippen molar-refractivity contribution in [1.29, 1.82) is 0 Å². The Morgan fingerprint density at radius 3 is 2.76 bits per heavy atom. The van der Waals surface area contributed by atoms with E-state index >= 15 is 0 Å². The van der Waals surface area contributed by atoms with Crippen LogP contribution in [-0.2, 0) is 9.53 Å². The van der Waals surface area contributed by atoms with Crippen molar-refractivity contribution in [2.45, 2.75) is 6.92 Å². The average Bonchev–Trinajstić information content (AvgIpc) is 2.29. The molecule has 17 heavy (non-hydrogen) atoms. The Morgan fingerprint density at radius 1 is 1.53 bits per heavy atom. The van der Waals surface area contributed by atoms with Crippen molar-refractivity contribution in [2.75, 3.05) is 6.61 Å². The van der Waals surface area contributed by atoms with Gasteiger partial charge in [0, 0.05) is 12.1 Å². The molecule has 0 amide bonds. The lowest BCUT2D eigenvalue weighted by atomic mass is 10.1. The van der Waals surface area contributed by atoms with Crippen LogP contribution in [0.25, 0.3) is 6.08 Å². The highest BCUT2D eigenvalue weighted by atomic mass is 16.6. The number of aliphatic hydroxyl groups is 1. The minimum atomic E-state index is -0.911. The average molecular weight is 237 g/mol. The van der Waals surface area contributed by atoms with Crippen LogP contribution in [0.4, 0.5) is 5.69 Å². The fourth-order valence-corrected chi connectivity index (χ4v) is 1.19. The van der Waals surface area contributed by atoms with Crippen LogP contribution in [0.2, 0.25) is 0 Å². The summed E-state index contributed by atoms with van der Waals surface area (Å²) in [5.41, 5.74) is -0.0496. The van der Waals surface area contributed by atoms with Gasteiger partial charge in [-0.05, 0) is 13.0 Å². The largest absolute Gasteiger partial charge is 0.502 e. The van der Waals surface area contributed by atoms with E-state index in [1.165, 1.54) is 18.2 Å². The van der Waals surface area contributed by atoms with Crippen LogP contribution in [0.3, 0.4) is 0 Å². The number of esters is 1. The van der Waals surface area contributed by atoms with Gasteiger partial charge in [0.2, 0.25) is 5.76 Å². The lowest BCUT2D eigenvalue weighted by Crippen LogP contribution is -2.07. The van der Waals surface area contributed by atoms with Crippen molar-refractivity contribution in [3.63, 3.8) is 0 Å². The first kappa shape index (κ1) is 12.7. The predicted octanol–water partition coefficient (Wildman–Crippen LogP) is 2.06. The molecule has 0 radical (unpaired) electrons. The van der Waals surface area contributed by atoms with Crippen molar-refractivity contribution in [3.05, 3.63) is 45.7 Å². The zero-order chi connectivity index (χ0) is 12.8. The van der Waals surface area contributed by atoms with Crippen molar-refractivity contribution >= 4 is 17.7 Å². The van der Waals surface area contributed by atoms with Gasteiger partial charge in [-0.15, -0.1) is 0 Å². The fourth-order valence-electron chi connectivity index (χ4n) is 1.19. The van der Waals surface area contributed by atoms with Crippen LogP contribution in [0.5, 0.6) is 0 Å². The standard InChI is InChI=1S/C11H11NO5/c1-2-17-11(14)10(13)7-8-5-3-4-6-9(8)12(15)16/h3-7,13H,2H2,1H3/b10-7-. The SMILES string of the molecule is CCOC(=O)/C(O)=C/c1ccccc1[N+](=O)[O-]. The molecule has 0 saturated carbocycles. The van der Waals surface area contributed by atoms with Crippen LogP contribution >= 0.6 is 0 Å². The summed E-state index contributed by atoms with van der Waals surface area (Å²) in [5, 5.41) is 20.0. The number of hydrogen-bond donors (Lipinski definition) is 1. The van der Waals surface area contributed by atoms with Crippen LogP contribution in [-0.4, -0.2) is 22.6 Å². The topological polar surface area (TPSA) is 89.7 Å². The Hall–Kier alpha value is -2.37. The second-order valence-corrected chi connectivity index (χ2v) is 3.07. The van der Waals surface area contributed by atoms with E-state index in [1.807, 2.05) is 0 Å². The number of hydrogen-bond acceptors (Lipinski definition) is 5. The lowest BCUT2D eigenvalue weighted by molar-refractivity contribution is -0.385. The fraction of sp³-hybridized carbons (Fsp3) is 0.182. The summed E-state index contributed by atoms with van der Waals surface area (Å²) in [6.45, 7) is 1.71. The van der Waals surface area contributed by atoms with Crippen LogP contribution in [0, 0.1) is 10.1 Å². The summed E-state index contributed by atoms with van der Waals surface area (Å²) in [5.74, 6) is -1.58. The summed E-state index contributed by atoms with van der Waals surface area (Å²) in [7, 11) is 0. The van der Waals surface area contributed by atoms with E-state index in [9.17, 15) is 20.0 Å². The van der Waals surface area contributed by atoms with E-state index in [0.29, 0.717) is 0 Å². The molecule has 6 heteroatoms. The van der Waals surface area contributed by atoms with E-state index < -0.39 is 16.7 Å². The Labute approximate surface area is 97.3 Å². The van der Waals surface area contributed by atoms with E-state index in [2.05, 4.69) is 4.74 Å². The third-order valence-electron chi connectivity index (χ3n) is 1.91. The number of aliphatic hydroxyl groups excluding tert-OH is 1. The maximum Gasteiger partial charge on any atom is 0.373 e. The first-order valence-electron chi connectivity index (χ1n) is 4.87. The van der Waals surface area contributed by atoms with Gasteiger partial charge in [0.25, 0.3) is 5.69 Å². The molecule has 0 heterocycles. The summed E-state index contributed by atoms with van der Waals surface area (Å²) in [4.78, 5) is 21.2. The number of carbonyl (C=O) groups is 1. The number of nitro benzene ring substituents is 1. The van der Waals surface area contributed by atoms with Crippen molar-refractivity contribution in [2.24, 2.45) is 0 Å². The number of benzene rings is 1. The van der Waals surface area contributed by atoms with E-state index in [4.69, 9.17) is 0 Å². The highest BCUT2D eigenvalue weighted by Crippen LogP contribution is 2.20. The Bertz CT molecular complexity index is 467. The molecule has 0 fully saturated rings. The van der Waals surface area contributed by atoms with Crippen molar-refractivity contribution in [3.8, 4) is 0 Å². The van der Waals surface area contributed by atoms with Gasteiger partial charge in [-0.2, -0.15) is 0 Å². The van der Waals surface area contributed by atoms with Crippen molar-refractivity contribution < 1.29 is 19.6 Å². The Kier molecular flexibility index (Phi) is 4.21. The maximum absolute atomic E-state index is 11.1. The third-order valence-corrected chi connectivity index (χ3v) is 1.91. The smallest absolute Gasteiger partial charge is 0.373 e. The van der Waals surface area contributed by atoms with Crippen LogP contribution in [0.1, 0.15) is 12.5 Å². The van der Waals surface area contributed by atoms with Gasteiger partial charge in [0.1, 0.15) is 0 Å². The summed E-state index contributed by atoms with van der Waals surface area (Å²) >= 11 is 0. The monoisotopic (exact) mass is 237 g/mol. The molecule has 0 aliphatic heterocycles.